The first-order chi connectivity index (χ1) is 18.1. The molecule has 7 heteroatoms. The standard InChI is InChI=1S/C18H21F2NO2.C13H10NS/c1-3-18-5-4-15(12-6-13(19)8-14(20)7-12)21(18)16(22)17(23-18)9-11(2)10-17;1-4-7-14-13-12(8-9(2)15-13)10(3)11-5-6-11/h6-8,11,15H,3-5,9-10H2,1-2H3;1,5-8H,3H2,2H3/b;14-7-/t11?,15-,17?,18+;/m0./s1. The van der Waals surface area contributed by atoms with Crippen LogP contribution >= 0.6 is 11.3 Å². The van der Waals surface area contributed by atoms with E-state index in [0.29, 0.717) is 30.7 Å². The van der Waals surface area contributed by atoms with Gasteiger partial charge in [-0.1, -0.05) is 32.4 Å². The summed E-state index contributed by atoms with van der Waals surface area (Å²) in [6.07, 6.45) is 14.3. The molecule has 0 N–H and O–H groups in total. The number of halogens is 2. The van der Waals surface area contributed by atoms with Crippen molar-refractivity contribution in [3.63, 3.8) is 0 Å². The van der Waals surface area contributed by atoms with Gasteiger partial charge in [0, 0.05) is 22.9 Å². The number of fused-ring (bicyclic) bond motifs is 1. The fourth-order valence-corrected chi connectivity index (χ4v) is 6.96. The minimum Gasteiger partial charge on any atom is -0.339 e. The van der Waals surface area contributed by atoms with Crippen LogP contribution in [0, 0.1) is 43.2 Å². The molecule has 2 aliphatic heterocycles. The lowest BCUT2D eigenvalue weighted by molar-refractivity contribution is -0.177. The first kappa shape index (κ1) is 26.5. The fraction of sp³-hybridized carbons (Fsp3) is 0.387. The zero-order valence-electron chi connectivity index (χ0n) is 21.9. The molecular weight excluding hydrogens is 502 g/mol. The molecule has 6 rings (SSSR count). The van der Waals surface area contributed by atoms with Gasteiger partial charge in [-0.2, -0.15) is 0 Å². The number of nitrogens with zero attached hydrogens (tertiary/aromatic N) is 2. The predicted octanol–water partition coefficient (Wildman–Crippen LogP) is 7.48. The van der Waals surface area contributed by atoms with Crippen LogP contribution < -0.4 is 0 Å². The van der Waals surface area contributed by atoms with Gasteiger partial charge < -0.3 is 9.64 Å². The average Bonchev–Trinajstić information content (AvgIpc) is 3.47. The van der Waals surface area contributed by atoms with Crippen molar-refractivity contribution in [3.8, 4) is 12.3 Å². The maximum atomic E-state index is 13.6. The number of allylic oxidation sites excluding steroid dienone is 3. The summed E-state index contributed by atoms with van der Waals surface area (Å²) < 4.78 is 33.5. The summed E-state index contributed by atoms with van der Waals surface area (Å²) in [5, 5.41) is 0.941. The molecule has 2 atom stereocenters. The number of amides is 1. The number of carbonyl (C=O) groups excluding carboxylic acids is 1. The normalized spacial score (nSPS) is 29.0. The second kappa shape index (κ2) is 9.91. The maximum Gasteiger partial charge on any atom is 0.257 e. The lowest BCUT2D eigenvalue weighted by Gasteiger charge is -2.41. The number of benzene rings is 1. The molecule has 4 nitrogen and oxygen atoms in total. The second-order valence-corrected chi connectivity index (χ2v) is 11.8. The Hall–Kier alpha value is -3.08. The van der Waals surface area contributed by atoms with Gasteiger partial charge in [0.05, 0.1) is 12.3 Å². The highest BCUT2D eigenvalue weighted by atomic mass is 32.1. The monoisotopic (exact) mass is 533 g/mol. The Bertz CT molecular complexity index is 1370. The Morgan fingerprint density at radius 2 is 2.00 bits per heavy atom. The number of aryl methyl sites for hydroxylation is 1. The molecule has 197 valence electrons. The first-order valence-corrected chi connectivity index (χ1v) is 13.8. The number of rotatable bonds is 5. The lowest BCUT2D eigenvalue weighted by Crippen LogP contribution is -2.50. The van der Waals surface area contributed by atoms with Gasteiger partial charge in [0.1, 0.15) is 28.0 Å². The number of ether oxygens (including phenoxy) is 1. The van der Waals surface area contributed by atoms with E-state index in [1.165, 1.54) is 28.8 Å². The molecule has 2 saturated heterocycles. The number of terminal acetylenes is 1. The third-order valence-corrected chi connectivity index (χ3v) is 8.79. The third kappa shape index (κ3) is 4.65. The highest BCUT2D eigenvalue weighted by Crippen LogP contribution is 2.58. The number of hydrogen-bond acceptors (Lipinski definition) is 4. The third-order valence-electron chi connectivity index (χ3n) is 7.83. The van der Waals surface area contributed by atoms with E-state index >= 15 is 0 Å². The van der Waals surface area contributed by atoms with E-state index in [0.717, 1.165) is 35.0 Å². The number of hydrogen-bond donors (Lipinski definition) is 0. The van der Waals surface area contributed by atoms with Crippen molar-refractivity contribution in [3.05, 3.63) is 76.6 Å². The molecule has 1 aromatic heterocycles. The van der Waals surface area contributed by atoms with Crippen molar-refractivity contribution in [2.45, 2.75) is 70.2 Å². The molecule has 3 fully saturated rings. The van der Waals surface area contributed by atoms with E-state index in [9.17, 15) is 13.6 Å². The van der Waals surface area contributed by atoms with Crippen molar-refractivity contribution >= 4 is 34.0 Å². The van der Waals surface area contributed by atoms with E-state index in [1.807, 2.05) is 19.4 Å². The number of thiophene rings is 1. The van der Waals surface area contributed by atoms with E-state index in [-0.39, 0.29) is 11.9 Å². The van der Waals surface area contributed by atoms with Crippen LogP contribution in [0.5, 0.6) is 0 Å². The molecule has 2 aromatic rings. The van der Waals surface area contributed by atoms with Gasteiger partial charge in [0.2, 0.25) is 0 Å². The molecular formula is C31H31F2N2O2S. The van der Waals surface area contributed by atoms with Gasteiger partial charge in [-0.15, -0.1) is 17.8 Å². The molecule has 0 unspecified atom stereocenters. The summed E-state index contributed by atoms with van der Waals surface area (Å²) in [5.41, 5.74) is 2.54. The van der Waals surface area contributed by atoms with Gasteiger partial charge >= 0.3 is 0 Å². The van der Waals surface area contributed by atoms with Crippen molar-refractivity contribution < 1.29 is 18.3 Å². The van der Waals surface area contributed by atoms with Gasteiger partial charge in [-0.05, 0) is 79.9 Å². The van der Waals surface area contributed by atoms with Gasteiger partial charge in [0.25, 0.3) is 5.91 Å². The molecule has 4 aliphatic rings. The minimum atomic E-state index is -0.694. The molecule has 1 amide bonds. The lowest BCUT2D eigenvalue weighted by atomic mass is 9.71. The van der Waals surface area contributed by atoms with Gasteiger partial charge in [-0.3, -0.25) is 4.79 Å². The molecule has 1 radical (unpaired) electrons. The first-order valence-electron chi connectivity index (χ1n) is 12.9. The van der Waals surface area contributed by atoms with E-state index in [2.05, 4.69) is 37.4 Å². The van der Waals surface area contributed by atoms with Crippen LogP contribution in [0.3, 0.4) is 0 Å². The SMILES string of the molecule is C#C/C=N\c1sc(C)cc1C(=C)C1=C[CH]1.CC[C@@]12CC[C@@H](c3cc(F)cc(F)c3)N1C(=O)C1(CC(C)C1)O2. The van der Waals surface area contributed by atoms with Crippen LogP contribution in [0.4, 0.5) is 13.8 Å². The summed E-state index contributed by atoms with van der Waals surface area (Å²) in [4.78, 5) is 20.3. The Morgan fingerprint density at radius 3 is 2.58 bits per heavy atom. The van der Waals surface area contributed by atoms with Crippen molar-refractivity contribution in [2.24, 2.45) is 10.9 Å². The summed E-state index contributed by atoms with van der Waals surface area (Å²) in [6.45, 7) is 10.2. The zero-order valence-corrected chi connectivity index (χ0v) is 22.7. The number of aliphatic imine (C=N–C) groups is 1. The van der Waals surface area contributed by atoms with Gasteiger partial charge in [0.15, 0.2) is 0 Å². The predicted molar refractivity (Wildman–Crippen MR) is 148 cm³/mol. The Labute approximate surface area is 227 Å². The van der Waals surface area contributed by atoms with E-state index in [1.54, 1.807) is 16.2 Å². The fourth-order valence-electron chi connectivity index (χ4n) is 6.08. The van der Waals surface area contributed by atoms with Crippen LogP contribution in [0.15, 0.2) is 47.5 Å². The zero-order chi connectivity index (χ0) is 27.2. The van der Waals surface area contributed by atoms with Crippen molar-refractivity contribution in [2.75, 3.05) is 0 Å². The quantitative estimate of drug-likeness (QED) is 0.295. The molecule has 3 heterocycles. The van der Waals surface area contributed by atoms with Crippen molar-refractivity contribution in [1.82, 2.24) is 4.90 Å². The Morgan fingerprint density at radius 1 is 1.32 bits per heavy atom. The minimum absolute atomic E-state index is 0.00428. The second-order valence-electron chi connectivity index (χ2n) is 10.6. The summed E-state index contributed by atoms with van der Waals surface area (Å²) >= 11 is 1.63. The maximum absolute atomic E-state index is 13.6. The van der Waals surface area contributed by atoms with Crippen LogP contribution in [-0.2, 0) is 9.53 Å². The van der Waals surface area contributed by atoms with E-state index < -0.39 is 23.0 Å². The van der Waals surface area contributed by atoms with Gasteiger partial charge in [-0.25, -0.2) is 13.8 Å². The average molecular weight is 534 g/mol. The molecule has 1 saturated carbocycles. The largest absolute Gasteiger partial charge is 0.339 e. The van der Waals surface area contributed by atoms with Crippen molar-refractivity contribution in [1.29, 1.82) is 0 Å². The summed E-state index contributed by atoms with van der Waals surface area (Å²) in [5.74, 6) is 1.68. The molecule has 0 bridgehead atoms. The van der Waals surface area contributed by atoms with Crippen LogP contribution in [0.1, 0.15) is 68.0 Å². The topological polar surface area (TPSA) is 41.9 Å². The summed E-state index contributed by atoms with van der Waals surface area (Å²) in [6, 6.07) is 5.33. The van der Waals surface area contributed by atoms with Crippen LogP contribution in [0.2, 0.25) is 0 Å². The highest BCUT2D eigenvalue weighted by Gasteiger charge is 2.67. The molecule has 1 aromatic carbocycles. The van der Waals surface area contributed by atoms with Crippen LogP contribution in [0.25, 0.3) is 5.57 Å². The Kier molecular flexibility index (Phi) is 6.91. The van der Waals surface area contributed by atoms with E-state index in [4.69, 9.17) is 11.2 Å². The molecule has 38 heavy (non-hydrogen) atoms. The molecule has 2 aliphatic carbocycles. The smallest absolute Gasteiger partial charge is 0.257 e. The Balaban J connectivity index is 0.000000170. The van der Waals surface area contributed by atoms with Crippen LogP contribution in [-0.4, -0.2) is 28.3 Å². The highest BCUT2D eigenvalue weighted by molar-refractivity contribution is 7.16. The summed E-state index contributed by atoms with van der Waals surface area (Å²) in [7, 11) is 0. The number of carbonyl (C=O) groups is 1. The molecule has 1 spiro atoms.